The minimum absolute atomic E-state index is 0.0177. The molecule has 7 nitrogen and oxygen atoms in total. The van der Waals surface area contributed by atoms with Crippen molar-refractivity contribution in [2.45, 2.75) is 29.5 Å². The predicted octanol–water partition coefficient (Wildman–Crippen LogP) is 7.66. The van der Waals surface area contributed by atoms with E-state index in [1.165, 1.54) is 28.0 Å². The highest BCUT2D eigenvalue weighted by atomic mass is 79.9. The number of carbonyl (C=O) groups is 2. The Bertz CT molecular complexity index is 1570. The van der Waals surface area contributed by atoms with Crippen LogP contribution in [0.5, 0.6) is 5.75 Å². The van der Waals surface area contributed by atoms with Gasteiger partial charge >= 0.3 is 5.91 Å². The van der Waals surface area contributed by atoms with Gasteiger partial charge < -0.3 is 9.84 Å². The monoisotopic (exact) mass is 655 g/mol. The summed E-state index contributed by atoms with van der Waals surface area (Å²) in [6.45, 7) is 2.58. The Labute approximate surface area is 253 Å². The molecule has 1 atom stereocenters. The van der Waals surface area contributed by atoms with Crippen molar-refractivity contribution in [3.63, 3.8) is 0 Å². The first kappa shape index (κ1) is 28.4. The number of aromatic nitrogens is 2. The SMILES string of the molecule is CCCOc1ccc(/C(O)=C2/C(=O)C(=O)N(c3nnc(SCc4ccc(Cl)cc4)s3)C2c2cccc(Br)c2)cc1. The van der Waals surface area contributed by atoms with Crippen molar-refractivity contribution in [3.8, 4) is 5.75 Å². The van der Waals surface area contributed by atoms with E-state index in [2.05, 4.69) is 26.1 Å². The predicted molar refractivity (Wildman–Crippen MR) is 162 cm³/mol. The minimum atomic E-state index is -0.893. The van der Waals surface area contributed by atoms with Gasteiger partial charge in [0.15, 0.2) is 4.34 Å². The zero-order valence-electron chi connectivity index (χ0n) is 21.2. The zero-order valence-corrected chi connectivity index (χ0v) is 25.2. The summed E-state index contributed by atoms with van der Waals surface area (Å²) in [5.41, 5.74) is 2.09. The van der Waals surface area contributed by atoms with Gasteiger partial charge in [0.2, 0.25) is 5.13 Å². The van der Waals surface area contributed by atoms with Crippen molar-refractivity contribution in [1.29, 1.82) is 0 Å². The highest BCUT2D eigenvalue weighted by Gasteiger charge is 2.48. The number of Topliss-reactive ketones (excluding diaryl/α,β-unsaturated/α-hetero) is 1. The van der Waals surface area contributed by atoms with Crippen molar-refractivity contribution in [1.82, 2.24) is 10.2 Å². The number of aliphatic hydroxyl groups excluding tert-OH is 1. The Morgan fingerprint density at radius 3 is 2.55 bits per heavy atom. The van der Waals surface area contributed by atoms with E-state index >= 15 is 0 Å². The van der Waals surface area contributed by atoms with Gasteiger partial charge in [0, 0.05) is 20.8 Å². The van der Waals surface area contributed by atoms with Crippen molar-refractivity contribution in [3.05, 3.63) is 105 Å². The molecule has 1 aromatic heterocycles. The van der Waals surface area contributed by atoms with Gasteiger partial charge in [-0.25, -0.2) is 0 Å². The zero-order chi connectivity index (χ0) is 28.2. The van der Waals surface area contributed by atoms with Crippen molar-refractivity contribution < 1.29 is 19.4 Å². The molecule has 11 heteroatoms. The fourth-order valence-electron chi connectivity index (χ4n) is 4.19. The third-order valence-electron chi connectivity index (χ3n) is 6.09. The van der Waals surface area contributed by atoms with Gasteiger partial charge in [-0.1, -0.05) is 81.8 Å². The lowest BCUT2D eigenvalue weighted by Gasteiger charge is -2.22. The quantitative estimate of drug-likeness (QED) is 0.0650. The lowest BCUT2D eigenvalue weighted by atomic mass is 9.95. The number of halogens is 2. The molecule has 1 unspecified atom stereocenters. The van der Waals surface area contributed by atoms with Crippen molar-refractivity contribution in [2.75, 3.05) is 11.5 Å². The van der Waals surface area contributed by atoms with Gasteiger partial charge in [0.25, 0.3) is 5.78 Å². The number of nitrogens with zero attached hydrogens (tertiary/aromatic N) is 3. The average Bonchev–Trinajstić information content (AvgIpc) is 3.53. The Morgan fingerprint density at radius 1 is 1.10 bits per heavy atom. The van der Waals surface area contributed by atoms with E-state index < -0.39 is 17.7 Å². The highest BCUT2D eigenvalue weighted by molar-refractivity contribution is 9.10. The molecule has 0 spiro atoms. The molecule has 1 aliphatic heterocycles. The molecule has 0 radical (unpaired) electrons. The molecule has 1 N–H and O–H groups in total. The molecule has 3 aromatic carbocycles. The number of carbonyl (C=O) groups excluding carboxylic acids is 2. The number of ether oxygens (including phenoxy) is 1. The summed E-state index contributed by atoms with van der Waals surface area (Å²) in [5.74, 6) is -0.550. The number of amides is 1. The molecule has 4 aromatic rings. The average molecular weight is 657 g/mol. The van der Waals surface area contributed by atoms with E-state index in [0.717, 1.165) is 16.5 Å². The van der Waals surface area contributed by atoms with Crippen LogP contribution in [0.15, 0.2) is 87.2 Å². The second-order valence-corrected chi connectivity index (χ2v) is 12.4. The molecule has 0 bridgehead atoms. The van der Waals surface area contributed by atoms with Gasteiger partial charge in [-0.3, -0.25) is 14.5 Å². The third-order valence-corrected chi connectivity index (χ3v) is 8.96. The highest BCUT2D eigenvalue weighted by Crippen LogP contribution is 2.44. The van der Waals surface area contributed by atoms with E-state index in [1.807, 2.05) is 49.4 Å². The molecule has 5 rings (SSSR count). The van der Waals surface area contributed by atoms with Crippen LogP contribution in [0.2, 0.25) is 5.02 Å². The maximum Gasteiger partial charge on any atom is 0.301 e. The van der Waals surface area contributed by atoms with Gasteiger partial charge in [-0.05, 0) is 66.1 Å². The van der Waals surface area contributed by atoms with Crippen molar-refractivity contribution >= 4 is 73.2 Å². The first-order chi connectivity index (χ1) is 19.4. The molecule has 40 heavy (non-hydrogen) atoms. The topological polar surface area (TPSA) is 92.6 Å². The summed E-state index contributed by atoms with van der Waals surface area (Å²) in [5, 5.41) is 20.8. The lowest BCUT2D eigenvalue weighted by Crippen LogP contribution is -2.29. The largest absolute Gasteiger partial charge is 0.507 e. The van der Waals surface area contributed by atoms with E-state index in [0.29, 0.717) is 38.6 Å². The maximum atomic E-state index is 13.4. The Balaban J connectivity index is 1.50. The Morgan fingerprint density at radius 2 is 1.85 bits per heavy atom. The van der Waals surface area contributed by atoms with E-state index in [1.54, 1.807) is 30.3 Å². The van der Waals surface area contributed by atoms with Crippen LogP contribution in [0.3, 0.4) is 0 Å². The maximum absolute atomic E-state index is 13.4. The number of hydrogen-bond acceptors (Lipinski definition) is 8. The molecular formula is C29H23BrClN3O4S2. The first-order valence-corrected chi connectivity index (χ1v) is 15.3. The fraction of sp³-hybridized carbons (Fsp3) is 0.172. The lowest BCUT2D eigenvalue weighted by molar-refractivity contribution is -0.132. The van der Waals surface area contributed by atoms with Crippen molar-refractivity contribution in [2.24, 2.45) is 0 Å². The summed E-state index contributed by atoms with van der Waals surface area (Å²) in [6, 6.07) is 20.7. The van der Waals surface area contributed by atoms with Crippen LogP contribution in [0.25, 0.3) is 5.76 Å². The summed E-state index contributed by atoms with van der Waals surface area (Å²) in [4.78, 5) is 28.2. The molecule has 1 amide bonds. The third kappa shape index (κ3) is 6.10. The molecule has 1 fully saturated rings. The minimum Gasteiger partial charge on any atom is -0.507 e. The molecule has 2 heterocycles. The smallest absolute Gasteiger partial charge is 0.301 e. The molecule has 1 saturated heterocycles. The van der Waals surface area contributed by atoms with Crippen LogP contribution < -0.4 is 9.64 Å². The summed E-state index contributed by atoms with van der Waals surface area (Å²) >= 11 is 12.1. The molecular weight excluding hydrogens is 634 g/mol. The molecule has 1 aliphatic rings. The van der Waals surface area contributed by atoms with Crippen LogP contribution in [-0.4, -0.2) is 33.6 Å². The van der Waals surface area contributed by atoms with Crippen LogP contribution in [0, 0.1) is 0 Å². The summed E-state index contributed by atoms with van der Waals surface area (Å²) in [6.07, 6.45) is 0.866. The van der Waals surface area contributed by atoms with Crippen LogP contribution in [0.4, 0.5) is 5.13 Å². The normalized spacial score (nSPS) is 16.5. The van der Waals surface area contributed by atoms with Gasteiger partial charge in [-0.15, -0.1) is 10.2 Å². The van der Waals surface area contributed by atoms with Gasteiger partial charge in [-0.2, -0.15) is 0 Å². The number of rotatable bonds is 9. The Kier molecular flexibility index (Phi) is 8.90. The second-order valence-electron chi connectivity index (χ2n) is 8.86. The van der Waals surface area contributed by atoms with E-state index in [9.17, 15) is 14.7 Å². The first-order valence-electron chi connectivity index (χ1n) is 12.4. The van der Waals surface area contributed by atoms with Crippen LogP contribution in [0.1, 0.15) is 36.1 Å². The number of thioether (sulfide) groups is 1. The number of hydrogen-bond donors (Lipinski definition) is 1. The number of benzene rings is 3. The van der Waals surface area contributed by atoms with E-state index in [-0.39, 0.29) is 16.5 Å². The Hall–Kier alpha value is -3.18. The van der Waals surface area contributed by atoms with Gasteiger partial charge in [0.1, 0.15) is 11.5 Å². The molecule has 204 valence electrons. The van der Waals surface area contributed by atoms with E-state index in [4.69, 9.17) is 16.3 Å². The van der Waals surface area contributed by atoms with Crippen LogP contribution in [-0.2, 0) is 15.3 Å². The molecule has 0 aliphatic carbocycles. The van der Waals surface area contributed by atoms with Gasteiger partial charge in [0.05, 0.1) is 18.2 Å². The summed E-state index contributed by atoms with van der Waals surface area (Å²) < 4.78 is 7.04. The number of anilines is 1. The second kappa shape index (κ2) is 12.6. The number of ketones is 1. The number of aliphatic hydroxyl groups is 1. The summed E-state index contributed by atoms with van der Waals surface area (Å²) in [7, 11) is 0. The standard InChI is InChI=1S/C29H23BrClN3O4S2/c1-2-14-38-22-12-8-18(9-13-22)25(35)23-24(19-4-3-5-20(30)15-19)34(27(37)26(23)36)28-32-33-29(40-28)39-16-17-6-10-21(31)11-7-17/h3-13,15,24,35H,2,14,16H2,1H3/b25-23-. The molecule has 0 saturated carbocycles. The fourth-order valence-corrected chi connectivity index (χ4v) is 6.56. The van der Waals surface area contributed by atoms with Crippen LogP contribution >= 0.6 is 50.6 Å².